The molecule has 1 aromatic heterocycles. The number of anilines is 2. The first-order chi connectivity index (χ1) is 5.24. The molecule has 0 fully saturated rings. The number of nitrogen functional groups attached to an aromatic ring is 2. The summed E-state index contributed by atoms with van der Waals surface area (Å²) in [4.78, 5) is 3.66. The number of aryl methyl sites for hydroxylation is 1. The fraction of sp³-hybridized carbons (Fsp3) is 0.400. The number of rotatable bonds is 2. The highest BCUT2D eigenvalue weighted by Crippen LogP contribution is 2.01. The summed E-state index contributed by atoms with van der Waals surface area (Å²) < 4.78 is 1.40. The van der Waals surface area contributed by atoms with Crippen LogP contribution in [0.2, 0.25) is 0 Å². The Morgan fingerprint density at radius 2 is 2.27 bits per heavy atom. The van der Waals surface area contributed by atoms with Crippen molar-refractivity contribution in [3.05, 3.63) is 0 Å². The van der Waals surface area contributed by atoms with Gasteiger partial charge >= 0.3 is 0 Å². The van der Waals surface area contributed by atoms with Gasteiger partial charge in [0.25, 0.3) is 0 Å². The molecule has 11 heavy (non-hydrogen) atoms. The number of nitrogens with zero attached hydrogens (tertiary/aromatic N) is 4. The summed E-state index contributed by atoms with van der Waals surface area (Å²) >= 11 is 0. The zero-order valence-electron chi connectivity index (χ0n) is 5.86. The molecule has 0 saturated carbocycles. The van der Waals surface area contributed by atoms with E-state index in [1.165, 1.54) is 4.68 Å². The smallest absolute Gasteiger partial charge is 0.241 e. The van der Waals surface area contributed by atoms with E-state index in [4.69, 9.17) is 16.7 Å². The lowest BCUT2D eigenvalue weighted by atomic mass is 10.5. The molecule has 6 nitrogen and oxygen atoms in total. The minimum atomic E-state index is 0.139. The van der Waals surface area contributed by atoms with Gasteiger partial charge in [-0.25, -0.2) is 4.68 Å². The molecule has 0 amide bonds. The fourth-order valence-corrected chi connectivity index (χ4v) is 0.693. The number of hydrogen-bond donors (Lipinski definition) is 2. The molecule has 4 N–H and O–H groups in total. The predicted octanol–water partition coefficient (Wildman–Crippen LogP) is -0.644. The summed E-state index contributed by atoms with van der Waals surface area (Å²) in [6.07, 6.45) is 0.354. The SMILES string of the molecule is N#CCCn1nc(N)nc1N. The second-order valence-electron chi connectivity index (χ2n) is 1.96. The Bertz CT molecular complexity index is 282. The van der Waals surface area contributed by atoms with Crippen LogP contribution in [0, 0.1) is 11.3 Å². The molecule has 1 rings (SSSR count). The number of hydrogen-bond acceptors (Lipinski definition) is 5. The Kier molecular flexibility index (Phi) is 1.92. The zero-order valence-corrected chi connectivity index (χ0v) is 5.86. The quantitative estimate of drug-likeness (QED) is 0.586. The van der Waals surface area contributed by atoms with Crippen molar-refractivity contribution >= 4 is 11.9 Å². The molecule has 0 aliphatic rings. The van der Waals surface area contributed by atoms with Crippen molar-refractivity contribution < 1.29 is 0 Å². The molecular weight excluding hydrogens is 144 g/mol. The van der Waals surface area contributed by atoms with Gasteiger partial charge in [-0.3, -0.25) is 0 Å². The highest BCUT2D eigenvalue weighted by molar-refractivity contribution is 5.26. The van der Waals surface area contributed by atoms with Crippen LogP contribution in [-0.4, -0.2) is 14.8 Å². The van der Waals surface area contributed by atoms with E-state index in [2.05, 4.69) is 10.1 Å². The largest absolute Gasteiger partial charge is 0.368 e. The van der Waals surface area contributed by atoms with E-state index >= 15 is 0 Å². The van der Waals surface area contributed by atoms with E-state index < -0.39 is 0 Å². The maximum atomic E-state index is 8.24. The third kappa shape index (κ3) is 1.58. The summed E-state index contributed by atoms with van der Waals surface area (Å²) in [7, 11) is 0. The predicted molar refractivity (Wildman–Crippen MR) is 39.1 cm³/mol. The summed E-state index contributed by atoms with van der Waals surface area (Å²) in [5.74, 6) is 0.387. The number of nitriles is 1. The Labute approximate surface area is 63.4 Å². The van der Waals surface area contributed by atoms with Crippen molar-refractivity contribution in [2.75, 3.05) is 11.5 Å². The van der Waals surface area contributed by atoms with Crippen LogP contribution in [0.15, 0.2) is 0 Å². The molecule has 0 bridgehead atoms. The van der Waals surface area contributed by atoms with Gasteiger partial charge < -0.3 is 11.5 Å². The number of aromatic nitrogens is 3. The summed E-state index contributed by atoms with van der Waals surface area (Å²) in [5.41, 5.74) is 10.6. The van der Waals surface area contributed by atoms with Gasteiger partial charge in [-0.2, -0.15) is 10.2 Å². The van der Waals surface area contributed by atoms with Crippen molar-refractivity contribution in [3.63, 3.8) is 0 Å². The van der Waals surface area contributed by atoms with Gasteiger partial charge in [0, 0.05) is 0 Å². The minimum Gasteiger partial charge on any atom is -0.368 e. The van der Waals surface area contributed by atoms with E-state index in [1.807, 2.05) is 6.07 Å². The average Bonchev–Trinajstić information content (AvgIpc) is 2.26. The zero-order chi connectivity index (χ0) is 8.27. The van der Waals surface area contributed by atoms with Gasteiger partial charge in [0.05, 0.1) is 19.0 Å². The van der Waals surface area contributed by atoms with Gasteiger partial charge in [0.2, 0.25) is 11.9 Å². The van der Waals surface area contributed by atoms with E-state index in [-0.39, 0.29) is 11.9 Å². The Morgan fingerprint density at radius 3 is 2.73 bits per heavy atom. The van der Waals surface area contributed by atoms with Crippen molar-refractivity contribution in [1.29, 1.82) is 5.26 Å². The van der Waals surface area contributed by atoms with Gasteiger partial charge in [0.15, 0.2) is 0 Å². The molecule has 0 aliphatic heterocycles. The van der Waals surface area contributed by atoms with E-state index in [0.717, 1.165) is 0 Å². The topological polar surface area (TPSA) is 107 Å². The summed E-state index contributed by atoms with van der Waals surface area (Å²) in [5, 5.41) is 12.0. The Morgan fingerprint density at radius 1 is 1.55 bits per heavy atom. The lowest BCUT2D eigenvalue weighted by Gasteiger charge is -1.95. The molecule has 1 heterocycles. The van der Waals surface area contributed by atoms with E-state index in [9.17, 15) is 0 Å². The lowest BCUT2D eigenvalue weighted by molar-refractivity contribution is 0.638. The molecule has 0 aromatic carbocycles. The third-order valence-corrected chi connectivity index (χ3v) is 1.15. The van der Waals surface area contributed by atoms with Crippen molar-refractivity contribution in [2.24, 2.45) is 0 Å². The molecule has 0 spiro atoms. The second kappa shape index (κ2) is 2.88. The first kappa shape index (κ1) is 7.34. The molecule has 0 saturated heterocycles. The first-order valence-corrected chi connectivity index (χ1v) is 3.07. The van der Waals surface area contributed by atoms with Crippen LogP contribution in [0.4, 0.5) is 11.9 Å². The van der Waals surface area contributed by atoms with Gasteiger partial charge in [-0.05, 0) is 0 Å². The lowest BCUT2D eigenvalue weighted by Crippen LogP contribution is -2.04. The third-order valence-electron chi connectivity index (χ3n) is 1.15. The monoisotopic (exact) mass is 152 g/mol. The standard InChI is InChI=1S/C5H8N6/c6-2-1-3-11-5(8)9-4(7)10-11/h1,3H2,(H4,7,8,9,10). The maximum absolute atomic E-state index is 8.24. The first-order valence-electron chi connectivity index (χ1n) is 3.07. The van der Waals surface area contributed by atoms with Crippen molar-refractivity contribution in [2.45, 2.75) is 13.0 Å². The van der Waals surface area contributed by atoms with Gasteiger partial charge in [0.1, 0.15) is 0 Å². The molecule has 0 atom stereocenters. The van der Waals surface area contributed by atoms with Gasteiger partial charge in [-0.15, -0.1) is 5.10 Å². The van der Waals surface area contributed by atoms with Crippen LogP contribution in [0.1, 0.15) is 6.42 Å². The fourth-order valence-electron chi connectivity index (χ4n) is 0.693. The molecule has 0 unspecified atom stereocenters. The second-order valence-corrected chi connectivity index (χ2v) is 1.96. The summed E-state index contributed by atoms with van der Waals surface area (Å²) in [6.45, 7) is 0.437. The molecule has 0 aliphatic carbocycles. The van der Waals surface area contributed by atoms with Crippen LogP contribution >= 0.6 is 0 Å². The normalized spacial score (nSPS) is 9.36. The molecule has 1 aromatic rings. The molecular formula is C5H8N6. The molecule has 0 radical (unpaired) electrons. The summed E-state index contributed by atoms with van der Waals surface area (Å²) in [6, 6.07) is 1.97. The molecule has 58 valence electrons. The minimum absolute atomic E-state index is 0.139. The van der Waals surface area contributed by atoms with Crippen molar-refractivity contribution in [3.8, 4) is 6.07 Å². The molecule has 6 heteroatoms. The van der Waals surface area contributed by atoms with Crippen molar-refractivity contribution in [1.82, 2.24) is 14.8 Å². The van der Waals surface area contributed by atoms with Gasteiger partial charge in [-0.1, -0.05) is 0 Å². The average molecular weight is 152 g/mol. The van der Waals surface area contributed by atoms with Crippen LogP contribution in [0.3, 0.4) is 0 Å². The van der Waals surface area contributed by atoms with Crippen LogP contribution in [0.5, 0.6) is 0 Å². The maximum Gasteiger partial charge on any atom is 0.241 e. The highest BCUT2D eigenvalue weighted by Gasteiger charge is 2.01. The van der Waals surface area contributed by atoms with Crippen LogP contribution in [0.25, 0.3) is 0 Å². The van der Waals surface area contributed by atoms with Crippen LogP contribution < -0.4 is 11.5 Å². The van der Waals surface area contributed by atoms with E-state index in [0.29, 0.717) is 13.0 Å². The van der Waals surface area contributed by atoms with Crippen LogP contribution in [-0.2, 0) is 6.54 Å². The van der Waals surface area contributed by atoms with E-state index in [1.54, 1.807) is 0 Å². The number of nitrogens with two attached hydrogens (primary N) is 2. The Hall–Kier alpha value is -1.77. The highest BCUT2D eigenvalue weighted by atomic mass is 15.4. The Balaban J connectivity index is 2.71.